The van der Waals surface area contributed by atoms with Gasteiger partial charge >= 0.3 is 5.69 Å². The SMILES string of the molecule is N#CCCN(CCC#N)c1ncnc(Nc2cccc(Br)c2)c1[N+](=O)[O-]. The number of anilines is 3. The summed E-state index contributed by atoms with van der Waals surface area (Å²) < 4.78 is 0.809. The highest BCUT2D eigenvalue weighted by Gasteiger charge is 2.27. The standard InChI is InChI=1S/C16H14BrN7O2/c17-12-4-1-5-13(10-12)22-15-14(24(25)26)16(21-11-20-15)23(8-2-6-18)9-3-7-19/h1,4-5,10-11H,2-3,8-9H2,(H,20,21,22). The molecular formula is C16H14BrN7O2. The highest BCUT2D eigenvalue weighted by Crippen LogP contribution is 2.34. The van der Waals surface area contributed by atoms with Crippen LogP contribution in [0.15, 0.2) is 35.1 Å². The summed E-state index contributed by atoms with van der Waals surface area (Å²) >= 11 is 3.34. The van der Waals surface area contributed by atoms with Crippen LogP contribution in [0.3, 0.4) is 0 Å². The van der Waals surface area contributed by atoms with E-state index in [2.05, 4.69) is 31.2 Å². The molecule has 1 aromatic heterocycles. The number of aromatic nitrogens is 2. The third-order valence-corrected chi connectivity index (χ3v) is 3.85. The number of halogens is 1. The molecule has 0 saturated heterocycles. The zero-order valence-electron chi connectivity index (χ0n) is 13.6. The first-order valence-corrected chi connectivity index (χ1v) is 8.37. The van der Waals surface area contributed by atoms with Gasteiger partial charge in [-0.15, -0.1) is 0 Å². The highest BCUT2D eigenvalue weighted by molar-refractivity contribution is 9.10. The summed E-state index contributed by atoms with van der Waals surface area (Å²) in [7, 11) is 0. The minimum atomic E-state index is -0.568. The first-order chi connectivity index (χ1) is 12.6. The fourth-order valence-corrected chi connectivity index (χ4v) is 2.66. The van der Waals surface area contributed by atoms with Crippen LogP contribution < -0.4 is 10.2 Å². The van der Waals surface area contributed by atoms with Crippen LogP contribution in [0.2, 0.25) is 0 Å². The molecule has 0 bridgehead atoms. The van der Waals surface area contributed by atoms with E-state index < -0.39 is 4.92 Å². The summed E-state index contributed by atoms with van der Waals surface area (Å²) in [6, 6.07) is 11.1. The molecule has 9 nitrogen and oxygen atoms in total. The minimum absolute atomic E-state index is 0.0389. The molecule has 0 radical (unpaired) electrons. The average molecular weight is 416 g/mol. The van der Waals surface area contributed by atoms with Crippen molar-refractivity contribution in [2.75, 3.05) is 23.3 Å². The van der Waals surface area contributed by atoms with Crippen LogP contribution in [0, 0.1) is 32.8 Å². The molecular weight excluding hydrogens is 402 g/mol. The third kappa shape index (κ3) is 4.88. The van der Waals surface area contributed by atoms with E-state index in [1.807, 2.05) is 18.2 Å². The number of nitro groups is 1. The Kier molecular flexibility index (Phi) is 6.83. The molecule has 10 heteroatoms. The third-order valence-electron chi connectivity index (χ3n) is 3.36. The number of hydrogen-bond acceptors (Lipinski definition) is 8. The summed E-state index contributed by atoms with van der Waals surface area (Å²) in [4.78, 5) is 20.7. The zero-order chi connectivity index (χ0) is 18.9. The summed E-state index contributed by atoms with van der Waals surface area (Å²) in [6.45, 7) is 0.457. The van der Waals surface area contributed by atoms with Crippen LogP contribution in [0.1, 0.15) is 12.8 Å². The molecule has 0 atom stereocenters. The van der Waals surface area contributed by atoms with E-state index >= 15 is 0 Å². The monoisotopic (exact) mass is 415 g/mol. The van der Waals surface area contributed by atoms with Gasteiger partial charge in [-0.05, 0) is 18.2 Å². The van der Waals surface area contributed by atoms with Gasteiger partial charge in [0.2, 0.25) is 11.6 Å². The van der Waals surface area contributed by atoms with Gasteiger partial charge in [-0.1, -0.05) is 22.0 Å². The minimum Gasteiger partial charge on any atom is -0.349 e. The smallest absolute Gasteiger partial charge is 0.349 e. The number of benzene rings is 1. The fourth-order valence-electron chi connectivity index (χ4n) is 2.26. The number of nitriles is 2. The van der Waals surface area contributed by atoms with E-state index in [9.17, 15) is 10.1 Å². The highest BCUT2D eigenvalue weighted by atomic mass is 79.9. The number of nitrogens with one attached hydrogen (secondary N) is 1. The van der Waals surface area contributed by atoms with Crippen LogP contribution in [0.5, 0.6) is 0 Å². The molecule has 2 aromatic rings. The molecule has 0 saturated carbocycles. The van der Waals surface area contributed by atoms with E-state index in [0.717, 1.165) is 4.47 Å². The second kappa shape index (κ2) is 9.30. The molecule has 26 heavy (non-hydrogen) atoms. The van der Waals surface area contributed by atoms with Crippen molar-refractivity contribution in [3.05, 3.63) is 45.2 Å². The number of nitrogens with zero attached hydrogens (tertiary/aromatic N) is 6. The number of hydrogen-bond donors (Lipinski definition) is 1. The fraction of sp³-hybridized carbons (Fsp3) is 0.250. The molecule has 0 aliphatic rings. The molecule has 132 valence electrons. The molecule has 0 spiro atoms. The summed E-state index contributed by atoms with van der Waals surface area (Å²) in [5.74, 6) is 0.116. The Morgan fingerprint density at radius 3 is 2.50 bits per heavy atom. The van der Waals surface area contributed by atoms with E-state index in [1.54, 1.807) is 23.1 Å². The van der Waals surface area contributed by atoms with Gasteiger partial charge in [0, 0.05) is 23.2 Å². The first-order valence-electron chi connectivity index (χ1n) is 7.57. The maximum atomic E-state index is 11.7. The Balaban J connectivity index is 2.44. The van der Waals surface area contributed by atoms with Crippen molar-refractivity contribution >= 4 is 38.9 Å². The normalized spacial score (nSPS) is 9.81. The van der Waals surface area contributed by atoms with Crippen molar-refractivity contribution in [2.45, 2.75) is 12.8 Å². The number of rotatable bonds is 8. The molecule has 0 aliphatic carbocycles. The van der Waals surface area contributed by atoms with Crippen molar-refractivity contribution in [3.63, 3.8) is 0 Å². The predicted octanol–water partition coefficient (Wildman–Crippen LogP) is 3.52. The molecule has 1 N–H and O–H groups in total. The lowest BCUT2D eigenvalue weighted by molar-refractivity contribution is -0.383. The van der Waals surface area contributed by atoms with E-state index in [-0.39, 0.29) is 43.3 Å². The maximum Gasteiger partial charge on any atom is 0.353 e. The van der Waals surface area contributed by atoms with Gasteiger partial charge in [-0.2, -0.15) is 10.5 Å². The lowest BCUT2D eigenvalue weighted by Crippen LogP contribution is -2.27. The van der Waals surface area contributed by atoms with E-state index in [4.69, 9.17) is 10.5 Å². The quantitative estimate of drug-likeness (QED) is 0.511. The van der Waals surface area contributed by atoms with Crippen molar-refractivity contribution in [1.82, 2.24) is 9.97 Å². The molecule has 0 unspecified atom stereocenters. The average Bonchev–Trinajstić information content (AvgIpc) is 2.61. The lowest BCUT2D eigenvalue weighted by Gasteiger charge is -2.21. The summed E-state index contributed by atoms with van der Waals surface area (Å²) in [5.41, 5.74) is 0.316. The Bertz CT molecular complexity index is 858. The molecule has 0 amide bonds. The maximum absolute atomic E-state index is 11.7. The van der Waals surface area contributed by atoms with E-state index in [1.165, 1.54) is 6.33 Å². The summed E-state index contributed by atoms with van der Waals surface area (Å²) in [5, 5.41) is 32.2. The second-order valence-corrected chi connectivity index (χ2v) is 6.01. The van der Waals surface area contributed by atoms with Crippen LogP contribution in [0.4, 0.5) is 23.0 Å². The zero-order valence-corrected chi connectivity index (χ0v) is 15.2. The van der Waals surface area contributed by atoms with Gasteiger partial charge in [0.25, 0.3) is 0 Å². The lowest BCUT2D eigenvalue weighted by atomic mass is 10.3. The van der Waals surface area contributed by atoms with Crippen LogP contribution >= 0.6 is 15.9 Å². The molecule has 1 aromatic carbocycles. The van der Waals surface area contributed by atoms with Crippen molar-refractivity contribution < 1.29 is 4.92 Å². The van der Waals surface area contributed by atoms with Crippen molar-refractivity contribution in [1.29, 1.82) is 10.5 Å². The van der Waals surface area contributed by atoms with Gasteiger partial charge in [-0.25, -0.2) is 9.97 Å². The topological polar surface area (TPSA) is 132 Å². The van der Waals surface area contributed by atoms with E-state index in [0.29, 0.717) is 5.69 Å². The summed E-state index contributed by atoms with van der Waals surface area (Å²) in [6.07, 6.45) is 1.52. The van der Waals surface area contributed by atoms with Gasteiger partial charge in [0.05, 0.1) is 29.9 Å². The Hall–Kier alpha value is -3.24. The predicted molar refractivity (Wildman–Crippen MR) is 98.8 cm³/mol. The molecule has 0 fully saturated rings. The molecule has 1 heterocycles. The van der Waals surface area contributed by atoms with Gasteiger partial charge in [0.15, 0.2) is 0 Å². The van der Waals surface area contributed by atoms with Gasteiger partial charge in [-0.3, -0.25) is 10.1 Å². The van der Waals surface area contributed by atoms with Crippen LogP contribution in [-0.4, -0.2) is 28.0 Å². The van der Waals surface area contributed by atoms with Crippen LogP contribution in [0.25, 0.3) is 0 Å². The van der Waals surface area contributed by atoms with Crippen LogP contribution in [-0.2, 0) is 0 Å². The Morgan fingerprint density at radius 1 is 1.23 bits per heavy atom. The first kappa shape index (κ1) is 19.1. The second-order valence-electron chi connectivity index (χ2n) is 5.09. The van der Waals surface area contributed by atoms with Gasteiger partial charge < -0.3 is 10.2 Å². The largest absolute Gasteiger partial charge is 0.353 e. The van der Waals surface area contributed by atoms with Crippen molar-refractivity contribution in [3.8, 4) is 12.1 Å². The molecule has 0 aliphatic heterocycles. The Labute approximate surface area is 158 Å². The Morgan fingerprint density at radius 2 is 1.92 bits per heavy atom. The molecule has 2 rings (SSSR count). The van der Waals surface area contributed by atoms with Gasteiger partial charge in [0.1, 0.15) is 6.33 Å². The van der Waals surface area contributed by atoms with Crippen molar-refractivity contribution in [2.24, 2.45) is 0 Å².